The van der Waals surface area contributed by atoms with Gasteiger partial charge in [-0.15, -0.1) is 0 Å². The Morgan fingerprint density at radius 1 is 1.18 bits per heavy atom. The summed E-state index contributed by atoms with van der Waals surface area (Å²) in [5.74, 6) is -0.0328. The molecule has 0 aliphatic heterocycles. The van der Waals surface area contributed by atoms with Gasteiger partial charge in [-0.25, -0.2) is 0 Å². The molecule has 0 saturated carbocycles. The lowest BCUT2D eigenvalue weighted by Gasteiger charge is -2.06. The van der Waals surface area contributed by atoms with Crippen LogP contribution in [0, 0.1) is 12.3 Å². The maximum Gasteiger partial charge on any atom is 0.203 e. The van der Waals surface area contributed by atoms with E-state index in [-0.39, 0.29) is 12.3 Å². The summed E-state index contributed by atoms with van der Waals surface area (Å²) >= 11 is 6.00. The largest absolute Gasteiger partial charge is 0.313 e. The van der Waals surface area contributed by atoms with Crippen LogP contribution in [0.15, 0.2) is 42.5 Å². The van der Waals surface area contributed by atoms with Crippen molar-refractivity contribution in [2.45, 2.75) is 13.5 Å². The minimum atomic E-state index is -0.0328. The van der Waals surface area contributed by atoms with Gasteiger partial charge in [0, 0.05) is 17.6 Å². The van der Waals surface area contributed by atoms with Crippen LogP contribution in [0.2, 0.25) is 5.02 Å². The average Bonchev–Trinajstić information content (AvgIpc) is 2.75. The molecule has 1 N–H and O–H groups in total. The molecule has 3 rings (SSSR count). The SMILES string of the molecule is Cc1cc(C(=O)Cn2c(=N)n(C)c3ccccc32)ccc1Cl. The number of carbonyl (C=O) groups excluding carboxylic acids is 1. The molecule has 4 nitrogen and oxygen atoms in total. The highest BCUT2D eigenvalue weighted by molar-refractivity contribution is 6.31. The number of rotatable bonds is 3. The summed E-state index contributed by atoms with van der Waals surface area (Å²) in [6.45, 7) is 2.02. The third kappa shape index (κ3) is 2.35. The van der Waals surface area contributed by atoms with Crippen molar-refractivity contribution < 1.29 is 4.79 Å². The number of halogens is 1. The van der Waals surface area contributed by atoms with Gasteiger partial charge in [0.15, 0.2) is 5.78 Å². The molecule has 0 radical (unpaired) electrons. The quantitative estimate of drug-likeness (QED) is 0.741. The molecule has 0 aliphatic carbocycles. The smallest absolute Gasteiger partial charge is 0.203 e. The Balaban J connectivity index is 2.03. The Hall–Kier alpha value is -2.33. The summed E-state index contributed by atoms with van der Waals surface area (Å²) in [4.78, 5) is 12.5. The highest BCUT2D eigenvalue weighted by Crippen LogP contribution is 2.18. The van der Waals surface area contributed by atoms with Crippen LogP contribution in [0.1, 0.15) is 15.9 Å². The van der Waals surface area contributed by atoms with Gasteiger partial charge < -0.3 is 9.13 Å². The van der Waals surface area contributed by atoms with Crippen molar-refractivity contribution in [2.75, 3.05) is 0 Å². The van der Waals surface area contributed by atoms with E-state index in [1.807, 2.05) is 38.2 Å². The first kappa shape index (κ1) is 14.6. The lowest BCUT2D eigenvalue weighted by Crippen LogP contribution is -2.25. The van der Waals surface area contributed by atoms with Gasteiger partial charge in [0.1, 0.15) is 0 Å². The first-order valence-corrected chi connectivity index (χ1v) is 7.35. The van der Waals surface area contributed by atoms with Crippen LogP contribution in [-0.4, -0.2) is 14.9 Å². The summed E-state index contributed by atoms with van der Waals surface area (Å²) in [6, 6.07) is 13.0. The average molecular weight is 314 g/mol. The fourth-order valence-corrected chi connectivity index (χ4v) is 2.72. The van der Waals surface area contributed by atoms with E-state index in [4.69, 9.17) is 17.0 Å². The maximum atomic E-state index is 12.5. The number of fused-ring (bicyclic) bond motifs is 1. The molecule has 0 amide bonds. The molecule has 22 heavy (non-hydrogen) atoms. The number of benzene rings is 2. The minimum Gasteiger partial charge on any atom is -0.313 e. The van der Waals surface area contributed by atoms with Gasteiger partial charge in [-0.1, -0.05) is 23.7 Å². The fourth-order valence-electron chi connectivity index (χ4n) is 2.60. The van der Waals surface area contributed by atoms with Crippen LogP contribution in [0.4, 0.5) is 0 Å². The molecule has 0 atom stereocenters. The molecule has 3 aromatic rings. The third-order valence-electron chi connectivity index (χ3n) is 3.89. The van der Waals surface area contributed by atoms with Crippen LogP contribution in [0.25, 0.3) is 11.0 Å². The molecular weight excluding hydrogens is 298 g/mol. The lowest BCUT2D eigenvalue weighted by atomic mass is 10.1. The van der Waals surface area contributed by atoms with Gasteiger partial charge >= 0.3 is 0 Å². The van der Waals surface area contributed by atoms with E-state index in [2.05, 4.69) is 0 Å². The number of hydrogen-bond acceptors (Lipinski definition) is 2. The van der Waals surface area contributed by atoms with E-state index in [1.54, 1.807) is 27.3 Å². The number of nitrogens with zero attached hydrogens (tertiary/aromatic N) is 2. The van der Waals surface area contributed by atoms with Crippen LogP contribution in [-0.2, 0) is 13.6 Å². The van der Waals surface area contributed by atoms with Gasteiger partial charge in [0.05, 0.1) is 17.6 Å². The second-order valence-electron chi connectivity index (χ2n) is 5.34. The molecule has 0 fully saturated rings. The second-order valence-corrected chi connectivity index (χ2v) is 5.75. The maximum absolute atomic E-state index is 12.5. The molecule has 5 heteroatoms. The molecule has 0 spiro atoms. The van der Waals surface area contributed by atoms with Crippen LogP contribution >= 0.6 is 11.6 Å². The van der Waals surface area contributed by atoms with Gasteiger partial charge in [0.2, 0.25) is 5.62 Å². The van der Waals surface area contributed by atoms with Crippen molar-refractivity contribution in [3.8, 4) is 0 Å². The zero-order valence-electron chi connectivity index (χ0n) is 12.4. The summed E-state index contributed by atoms with van der Waals surface area (Å²) < 4.78 is 3.50. The Bertz CT molecular complexity index is 937. The van der Waals surface area contributed by atoms with Gasteiger partial charge in [0.25, 0.3) is 0 Å². The molecule has 112 valence electrons. The number of hydrogen-bond donors (Lipinski definition) is 1. The van der Waals surface area contributed by atoms with E-state index in [0.717, 1.165) is 16.6 Å². The van der Waals surface area contributed by atoms with Crippen LogP contribution < -0.4 is 5.62 Å². The Kier molecular flexibility index (Phi) is 3.62. The Morgan fingerprint density at radius 3 is 2.55 bits per heavy atom. The number of nitrogens with one attached hydrogen (secondary N) is 1. The van der Waals surface area contributed by atoms with Gasteiger partial charge in [-0.05, 0) is 42.8 Å². The Morgan fingerprint density at radius 2 is 1.86 bits per heavy atom. The van der Waals surface area contributed by atoms with Crippen molar-refractivity contribution in [2.24, 2.45) is 7.05 Å². The first-order chi connectivity index (χ1) is 10.5. The summed E-state index contributed by atoms with van der Waals surface area (Å²) in [5.41, 5.74) is 3.62. The monoisotopic (exact) mass is 313 g/mol. The lowest BCUT2D eigenvalue weighted by molar-refractivity contribution is 0.0971. The number of para-hydroxylation sites is 2. The summed E-state index contributed by atoms with van der Waals surface area (Å²) in [6.07, 6.45) is 0. The topological polar surface area (TPSA) is 50.8 Å². The van der Waals surface area contributed by atoms with E-state index in [1.165, 1.54) is 0 Å². The zero-order chi connectivity index (χ0) is 15.9. The third-order valence-corrected chi connectivity index (χ3v) is 4.31. The molecule has 0 aliphatic rings. The van der Waals surface area contributed by atoms with Crippen LogP contribution in [0.3, 0.4) is 0 Å². The minimum absolute atomic E-state index is 0.0328. The molecule has 1 heterocycles. The van der Waals surface area contributed by atoms with E-state index in [0.29, 0.717) is 16.2 Å². The number of ketones is 1. The van der Waals surface area contributed by atoms with Gasteiger partial charge in [-0.2, -0.15) is 0 Å². The van der Waals surface area contributed by atoms with Crippen LogP contribution in [0.5, 0.6) is 0 Å². The van der Waals surface area contributed by atoms with Crippen molar-refractivity contribution in [3.05, 3.63) is 64.2 Å². The Labute approximate surface area is 133 Å². The second kappa shape index (κ2) is 5.46. The number of carbonyl (C=O) groups is 1. The fraction of sp³-hybridized carbons (Fsp3) is 0.176. The molecule has 0 bridgehead atoms. The van der Waals surface area contributed by atoms with Crippen molar-refractivity contribution in [1.29, 1.82) is 5.41 Å². The molecule has 2 aromatic carbocycles. The highest BCUT2D eigenvalue weighted by Gasteiger charge is 2.13. The molecule has 1 aromatic heterocycles. The predicted molar refractivity (Wildman–Crippen MR) is 87.3 cm³/mol. The van der Waals surface area contributed by atoms with Crippen molar-refractivity contribution >= 4 is 28.4 Å². The summed E-state index contributed by atoms with van der Waals surface area (Å²) in [5, 5.41) is 8.86. The van der Waals surface area contributed by atoms with E-state index >= 15 is 0 Å². The number of aryl methyl sites for hydroxylation is 2. The predicted octanol–water partition coefficient (Wildman–Crippen LogP) is 3.30. The highest BCUT2D eigenvalue weighted by atomic mass is 35.5. The standard InChI is InChI=1S/C17H16ClN3O/c1-11-9-12(7-8-13(11)18)16(22)10-21-15-6-4-3-5-14(15)20(2)17(21)19/h3-9,19H,10H2,1-2H3. The summed E-state index contributed by atoms with van der Waals surface area (Å²) in [7, 11) is 1.83. The molecule has 0 saturated heterocycles. The first-order valence-electron chi connectivity index (χ1n) is 6.97. The van der Waals surface area contributed by atoms with Gasteiger partial charge in [-0.3, -0.25) is 10.2 Å². The molecule has 0 unspecified atom stereocenters. The van der Waals surface area contributed by atoms with E-state index in [9.17, 15) is 4.79 Å². The molecular formula is C17H16ClN3O. The van der Waals surface area contributed by atoms with E-state index < -0.39 is 0 Å². The number of imidazole rings is 1. The van der Waals surface area contributed by atoms with Crippen molar-refractivity contribution in [1.82, 2.24) is 9.13 Å². The van der Waals surface area contributed by atoms with Crippen molar-refractivity contribution in [3.63, 3.8) is 0 Å². The normalized spacial score (nSPS) is 11.0. The number of aromatic nitrogens is 2. The number of Topliss-reactive ketones (excluding diaryl/α,β-unsaturated/α-hetero) is 1. The zero-order valence-corrected chi connectivity index (χ0v) is 13.2.